The summed E-state index contributed by atoms with van der Waals surface area (Å²) in [6, 6.07) is 23.4. The fourth-order valence-corrected chi connectivity index (χ4v) is 2.68. The van der Waals surface area contributed by atoms with Gasteiger partial charge in [0.25, 0.3) is 11.8 Å². The average Bonchev–Trinajstić information content (AvgIpc) is 2.77. The second-order valence-electron chi connectivity index (χ2n) is 6.67. The molecule has 0 aliphatic rings. The van der Waals surface area contributed by atoms with Crippen molar-refractivity contribution >= 4 is 11.8 Å². The highest BCUT2D eigenvalue weighted by molar-refractivity contribution is 5.97. The summed E-state index contributed by atoms with van der Waals surface area (Å²) in [5.74, 6) is 6.73. The molecule has 0 heterocycles. The molecule has 0 saturated heterocycles. The van der Waals surface area contributed by atoms with E-state index in [9.17, 15) is 9.59 Å². The Hall–Kier alpha value is -4.04. The number of nitrogens with one attached hydrogen (secondary N) is 1. The van der Waals surface area contributed by atoms with Gasteiger partial charge in [-0.15, -0.1) is 0 Å². The number of hydrogen-bond donors (Lipinski definition) is 1. The Morgan fingerprint density at radius 1 is 0.900 bits per heavy atom. The van der Waals surface area contributed by atoms with Crippen LogP contribution in [-0.4, -0.2) is 37.4 Å². The van der Waals surface area contributed by atoms with Crippen LogP contribution in [0.3, 0.4) is 0 Å². The van der Waals surface area contributed by atoms with Gasteiger partial charge in [0.05, 0.1) is 12.1 Å². The minimum Gasteiger partial charge on any atom is -0.457 e. The second kappa shape index (κ2) is 9.94. The molecule has 0 saturated carbocycles. The highest BCUT2D eigenvalue weighted by atomic mass is 16.5. The number of carbonyl (C=O) groups excluding carboxylic acids is 2. The van der Waals surface area contributed by atoms with E-state index in [1.165, 1.54) is 4.90 Å². The van der Waals surface area contributed by atoms with Crippen LogP contribution in [0.1, 0.15) is 26.3 Å². The van der Waals surface area contributed by atoms with Crippen molar-refractivity contribution < 1.29 is 14.3 Å². The first-order valence-electron chi connectivity index (χ1n) is 9.45. The summed E-state index contributed by atoms with van der Waals surface area (Å²) in [4.78, 5) is 26.0. The zero-order chi connectivity index (χ0) is 21.3. The molecule has 0 unspecified atom stereocenters. The van der Waals surface area contributed by atoms with Crippen LogP contribution in [0.2, 0.25) is 0 Å². The molecule has 0 aromatic heterocycles. The number of benzene rings is 3. The number of hydrogen-bond acceptors (Lipinski definition) is 3. The van der Waals surface area contributed by atoms with Crippen LogP contribution >= 0.6 is 0 Å². The molecule has 3 aromatic rings. The lowest BCUT2D eigenvalue weighted by atomic mass is 10.1. The molecule has 0 aliphatic heterocycles. The van der Waals surface area contributed by atoms with Gasteiger partial charge in [-0.3, -0.25) is 9.59 Å². The molecule has 0 radical (unpaired) electrons. The minimum absolute atomic E-state index is 0.0573. The van der Waals surface area contributed by atoms with Gasteiger partial charge in [-0.05, 0) is 48.5 Å². The van der Waals surface area contributed by atoms with Gasteiger partial charge in [-0.2, -0.15) is 0 Å². The highest BCUT2D eigenvalue weighted by Gasteiger charge is 2.12. The number of rotatable bonds is 5. The molecule has 1 N–H and O–H groups in total. The van der Waals surface area contributed by atoms with Gasteiger partial charge in [0, 0.05) is 25.2 Å². The van der Waals surface area contributed by atoms with Crippen molar-refractivity contribution in [1.82, 2.24) is 10.2 Å². The molecule has 5 nitrogen and oxygen atoms in total. The Balaban J connectivity index is 1.60. The summed E-state index contributed by atoms with van der Waals surface area (Å²) in [6.07, 6.45) is 0. The van der Waals surface area contributed by atoms with E-state index in [0.29, 0.717) is 22.6 Å². The number of amides is 2. The number of ether oxygens (including phenoxy) is 1. The SMILES string of the molecule is CN(C)C(=O)c1ccc(C#CCNC(=O)c2ccccc2Oc2ccccc2)cc1. The first kappa shape index (κ1) is 20.7. The molecule has 0 bridgehead atoms. The highest BCUT2D eigenvalue weighted by Crippen LogP contribution is 2.24. The lowest BCUT2D eigenvalue weighted by Crippen LogP contribution is -2.24. The van der Waals surface area contributed by atoms with E-state index in [1.54, 1.807) is 56.6 Å². The number of para-hydroxylation sites is 2. The zero-order valence-electron chi connectivity index (χ0n) is 16.9. The van der Waals surface area contributed by atoms with Crippen LogP contribution < -0.4 is 10.1 Å². The third-order valence-corrected chi connectivity index (χ3v) is 4.21. The Morgan fingerprint density at radius 3 is 2.27 bits per heavy atom. The van der Waals surface area contributed by atoms with Crippen LogP contribution in [0.25, 0.3) is 0 Å². The molecule has 0 spiro atoms. The molecular weight excluding hydrogens is 376 g/mol. The standard InChI is InChI=1S/C25H22N2O3/c1-27(2)25(29)20-16-14-19(15-17-20)9-8-18-26-24(28)22-12-6-7-13-23(22)30-21-10-4-3-5-11-21/h3-7,10-17H,18H2,1-2H3,(H,26,28). The van der Waals surface area contributed by atoms with Gasteiger partial charge in [-0.25, -0.2) is 0 Å². The van der Waals surface area contributed by atoms with E-state index in [1.807, 2.05) is 36.4 Å². The third-order valence-electron chi connectivity index (χ3n) is 4.21. The minimum atomic E-state index is -0.261. The number of carbonyl (C=O) groups is 2. The quantitative estimate of drug-likeness (QED) is 0.662. The number of nitrogens with zero attached hydrogens (tertiary/aromatic N) is 1. The fraction of sp³-hybridized carbons (Fsp3) is 0.120. The fourth-order valence-electron chi connectivity index (χ4n) is 2.68. The third kappa shape index (κ3) is 5.49. The lowest BCUT2D eigenvalue weighted by Gasteiger charge is -2.10. The topological polar surface area (TPSA) is 58.6 Å². The van der Waals surface area contributed by atoms with E-state index in [-0.39, 0.29) is 18.4 Å². The van der Waals surface area contributed by atoms with Gasteiger partial charge in [0.2, 0.25) is 0 Å². The molecule has 0 fully saturated rings. The summed E-state index contributed by atoms with van der Waals surface area (Å²) < 4.78 is 5.83. The summed E-state index contributed by atoms with van der Waals surface area (Å²) >= 11 is 0. The van der Waals surface area contributed by atoms with Crippen molar-refractivity contribution in [3.05, 3.63) is 95.6 Å². The maximum Gasteiger partial charge on any atom is 0.255 e. The predicted octanol–water partition coefficient (Wildman–Crippen LogP) is 3.96. The Labute approximate surface area is 176 Å². The Kier molecular flexibility index (Phi) is 6.86. The Bertz CT molecular complexity index is 1080. The molecule has 0 aliphatic carbocycles. The van der Waals surface area contributed by atoms with Crippen molar-refractivity contribution in [3.8, 4) is 23.3 Å². The largest absolute Gasteiger partial charge is 0.457 e. The maximum atomic E-state index is 12.5. The molecule has 2 amide bonds. The summed E-state index contributed by atoms with van der Waals surface area (Å²) in [7, 11) is 3.42. The van der Waals surface area contributed by atoms with Gasteiger partial charge < -0.3 is 15.0 Å². The van der Waals surface area contributed by atoms with Gasteiger partial charge in [0.1, 0.15) is 11.5 Å². The van der Waals surface area contributed by atoms with Gasteiger partial charge in [0.15, 0.2) is 0 Å². The molecule has 150 valence electrons. The first-order chi connectivity index (χ1) is 14.5. The van der Waals surface area contributed by atoms with Crippen molar-refractivity contribution in [2.45, 2.75) is 0 Å². The monoisotopic (exact) mass is 398 g/mol. The van der Waals surface area contributed by atoms with Crippen LogP contribution in [0.15, 0.2) is 78.9 Å². The molecule has 0 atom stereocenters. The van der Waals surface area contributed by atoms with E-state index >= 15 is 0 Å². The molecule has 5 heteroatoms. The van der Waals surface area contributed by atoms with E-state index < -0.39 is 0 Å². The molecule has 3 rings (SSSR count). The molecule has 3 aromatic carbocycles. The summed E-state index contributed by atoms with van der Waals surface area (Å²) in [5, 5.41) is 2.79. The van der Waals surface area contributed by atoms with Crippen molar-refractivity contribution in [1.29, 1.82) is 0 Å². The second-order valence-corrected chi connectivity index (χ2v) is 6.67. The van der Waals surface area contributed by atoms with E-state index in [0.717, 1.165) is 5.56 Å². The maximum absolute atomic E-state index is 12.5. The van der Waals surface area contributed by atoms with Gasteiger partial charge >= 0.3 is 0 Å². The van der Waals surface area contributed by atoms with E-state index in [4.69, 9.17) is 4.74 Å². The van der Waals surface area contributed by atoms with Crippen LogP contribution in [0, 0.1) is 11.8 Å². The first-order valence-corrected chi connectivity index (χ1v) is 9.45. The molecule has 30 heavy (non-hydrogen) atoms. The summed E-state index contributed by atoms with van der Waals surface area (Å²) in [5.41, 5.74) is 1.82. The van der Waals surface area contributed by atoms with Crippen molar-refractivity contribution in [3.63, 3.8) is 0 Å². The van der Waals surface area contributed by atoms with Crippen LogP contribution in [-0.2, 0) is 0 Å². The Morgan fingerprint density at radius 2 is 1.57 bits per heavy atom. The van der Waals surface area contributed by atoms with Crippen molar-refractivity contribution in [2.75, 3.05) is 20.6 Å². The van der Waals surface area contributed by atoms with Crippen LogP contribution in [0.5, 0.6) is 11.5 Å². The van der Waals surface area contributed by atoms with Gasteiger partial charge in [-0.1, -0.05) is 42.2 Å². The van der Waals surface area contributed by atoms with Crippen LogP contribution in [0.4, 0.5) is 0 Å². The average molecular weight is 398 g/mol. The van der Waals surface area contributed by atoms with Crippen molar-refractivity contribution in [2.24, 2.45) is 0 Å². The molecular formula is C25H22N2O3. The predicted molar refractivity (Wildman–Crippen MR) is 117 cm³/mol. The van der Waals surface area contributed by atoms with E-state index in [2.05, 4.69) is 17.2 Å². The smallest absolute Gasteiger partial charge is 0.255 e. The lowest BCUT2D eigenvalue weighted by molar-refractivity contribution is 0.0827. The normalized spacial score (nSPS) is 9.80. The summed E-state index contributed by atoms with van der Waals surface area (Å²) in [6.45, 7) is 0.191. The zero-order valence-corrected chi connectivity index (χ0v) is 16.9.